The molecule has 0 radical (unpaired) electrons. The van der Waals surface area contributed by atoms with Crippen LogP contribution < -0.4 is 10.5 Å². The zero-order chi connectivity index (χ0) is 14.2. The first-order chi connectivity index (χ1) is 8.79. The average molecular weight is 302 g/mol. The van der Waals surface area contributed by atoms with Crippen molar-refractivity contribution in [1.29, 1.82) is 0 Å². The molecule has 1 aromatic carbocycles. The Kier molecular flexibility index (Phi) is 3.75. The van der Waals surface area contributed by atoms with Gasteiger partial charge in [-0.05, 0) is 30.9 Å². The van der Waals surface area contributed by atoms with Crippen LogP contribution >= 0.6 is 12.6 Å². The number of anilines is 1. The van der Waals surface area contributed by atoms with Gasteiger partial charge in [0, 0.05) is 17.1 Å². The summed E-state index contributed by atoms with van der Waals surface area (Å²) in [4.78, 5) is 10.9. The third-order valence-electron chi connectivity index (χ3n) is 2.91. The molecule has 0 bridgehead atoms. The van der Waals surface area contributed by atoms with E-state index in [0.717, 1.165) is 18.9 Å². The number of rotatable bonds is 5. The first-order valence-electron chi connectivity index (χ1n) is 5.66. The number of primary sulfonamides is 1. The maximum Gasteiger partial charge on any atom is 0.335 e. The predicted octanol–water partition coefficient (Wildman–Crippen LogP) is 1.14. The molecule has 0 saturated heterocycles. The number of aromatic carboxylic acids is 1. The van der Waals surface area contributed by atoms with Gasteiger partial charge in [-0.25, -0.2) is 18.4 Å². The predicted molar refractivity (Wildman–Crippen MR) is 73.2 cm³/mol. The number of sulfonamides is 1. The normalized spacial score (nSPS) is 15.3. The van der Waals surface area contributed by atoms with Gasteiger partial charge in [0.25, 0.3) is 0 Å². The molecule has 0 spiro atoms. The lowest BCUT2D eigenvalue weighted by atomic mass is 10.2. The summed E-state index contributed by atoms with van der Waals surface area (Å²) in [5.41, 5.74) is 0.235. The molecule has 104 valence electrons. The third kappa shape index (κ3) is 3.40. The van der Waals surface area contributed by atoms with Gasteiger partial charge in [-0.15, -0.1) is 12.6 Å². The second kappa shape index (κ2) is 5.03. The molecular formula is C11H14N2O4S2. The van der Waals surface area contributed by atoms with E-state index in [-0.39, 0.29) is 15.4 Å². The van der Waals surface area contributed by atoms with E-state index in [1.54, 1.807) is 0 Å². The Labute approximate surface area is 116 Å². The quantitative estimate of drug-likeness (QED) is 0.610. The van der Waals surface area contributed by atoms with Gasteiger partial charge in [-0.3, -0.25) is 0 Å². The van der Waals surface area contributed by atoms with Crippen LogP contribution in [0.15, 0.2) is 21.9 Å². The van der Waals surface area contributed by atoms with Crippen LogP contribution in [0.5, 0.6) is 0 Å². The number of hydrogen-bond donors (Lipinski definition) is 4. The fraction of sp³-hybridized carbons (Fsp3) is 0.364. The van der Waals surface area contributed by atoms with Crippen LogP contribution in [-0.2, 0) is 10.0 Å². The highest BCUT2D eigenvalue weighted by Gasteiger charge is 2.23. The number of nitrogens with one attached hydrogen (secondary N) is 1. The van der Waals surface area contributed by atoms with Gasteiger partial charge in [0.05, 0.1) is 10.5 Å². The van der Waals surface area contributed by atoms with Crippen LogP contribution in [0, 0.1) is 5.92 Å². The van der Waals surface area contributed by atoms with E-state index in [9.17, 15) is 13.2 Å². The minimum absolute atomic E-state index is 0.139. The Morgan fingerprint density at radius 3 is 2.58 bits per heavy atom. The lowest BCUT2D eigenvalue weighted by molar-refractivity contribution is 0.0696. The Morgan fingerprint density at radius 1 is 1.47 bits per heavy atom. The minimum Gasteiger partial charge on any atom is -0.478 e. The summed E-state index contributed by atoms with van der Waals surface area (Å²) < 4.78 is 22.9. The van der Waals surface area contributed by atoms with Gasteiger partial charge in [-0.2, -0.15) is 0 Å². The molecule has 1 saturated carbocycles. The van der Waals surface area contributed by atoms with E-state index in [0.29, 0.717) is 18.2 Å². The number of carbonyl (C=O) groups is 1. The van der Waals surface area contributed by atoms with Crippen LogP contribution in [0.25, 0.3) is 0 Å². The topological polar surface area (TPSA) is 109 Å². The molecule has 0 unspecified atom stereocenters. The Balaban J connectivity index is 2.44. The summed E-state index contributed by atoms with van der Waals surface area (Å²) in [5, 5.41) is 17.1. The molecule has 0 aliphatic heterocycles. The number of carboxylic acid groups (broad SMARTS) is 1. The van der Waals surface area contributed by atoms with Crippen molar-refractivity contribution >= 4 is 34.3 Å². The molecule has 1 aliphatic carbocycles. The lowest BCUT2D eigenvalue weighted by Crippen LogP contribution is -2.16. The summed E-state index contributed by atoms with van der Waals surface area (Å²) in [6, 6.07) is 2.38. The van der Waals surface area contributed by atoms with Gasteiger partial charge in [0.1, 0.15) is 0 Å². The van der Waals surface area contributed by atoms with Crippen LogP contribution in [-0.4, -0.2) is 26.0 Å². The van der Waals surface area contributed by atoms with Crippen molar-refractivity contribution in [1.82, 2.24) is 0 Å². The second-order valence-corrected chi connectivity index (χ2v) is 6.52. The number of nitrogens with two attached hydrogens (primary N) is 1. The van der Waals surface area contributed by atoms with E-state index >= 15 is 0 Å². The van der Waals surface area contributed by atoms with E-state index in [1.807, 2.05) is 0 Å². The largest absolute Gasteiger partial charge is 0.478 e. The molecular weight excluding hydrogens is 288 g/mol. The first-order valence-corrected chi connectivity index (χ1v) is 7.65. The highest BCUT2D eigenvalue weighted by atomic mass is 32.2. The van der Waals surface area contributed by atoms with Crippen molar-refractivity contribution in [2.75, 3.05) is 11.9 Å². The van der Waals surface area contributed by atoms with Crippen molar-refractivity contribution in [3.63, 3.8) is 0 Å². The zero-order valence-electron chi connectivity index (χ0n) is 9.96. The van der Waals surface area contributed by atoms with Crippen molar-refractivity contribution in [2.45, 2.75) is 22.6 Å². The summed E-state index contributed by atoms with van der Waals surface area (Å²) in [7, 11) is -4.01. The summed E-state index contributed by atoms with van der Waals surface area (Å²) in [6.45, 7) is 0.667. The van der Waals surface area contributed by atoms with Gasteiger partial charge in [-0.1, -0.05) is 0 Å². The molecule has 8 heteroatoms. The lowest BCUT2D eigenvalue weighted by Gasteiger charge is -2.12. The third-order valence-corrected chi connectivity index (χ3v) is 4.47. The zero-order valence-corrected chi connectivity index (χ0v) is 11.7. The van der Waals surface area contributed by atoms with Crippen molar-refractivity contribution in [3.8, 4) is 0 Å². The van der Waals surface area contributed by atoms with Crippen LogP contribution in [0.4, 0.5) is 5.69 Å². The molecule has 19 heavy (non-hydrogen) atoms. The van der Waals surface area contributed by atoms with Gasteiger partial charge in [0.15, 0.2) is 0 Å². The average Bonchev–Trinajstić information content (AvgIpc) is 3.09. The molecule has 1 aromatic rings. The van der Waals surface area contributed by atoms with Crippen molar-refractivity contribution < 1.29 is 18.3 Å². The summed E-state index contributed by atoms with van der Waals surface area (Å²) >= 11 is 4.13. The Bertz CT molecular complexity index is 624. The van der Waals surface area contributed by atoms with E-state index < -0.39 is 16.0 Å². The Morgan fingerprint density at radius 2 is 2.11 bits per heavy atom. The molecule has 0 atom stereocenters. The summed E-state index contributed by atoms with van der Waals surface area (Å²) in [6.07, 6.45) is 2.24. The molecule has 0 aromatic heterocycles. The molecule has 1 fully saturated rings. The van der Waals surface area contributed by atoms with Crippen LogP contribution in [0.3, 0.4) is 0 Å². The van der Waals surface area contributed by atoms with E-state index in [4.69, 9.17) is 10.2 Å². The molecule has 0 heterocycles. The monoisotopic (exact) mass is 302 g/mol. The van der Waals surface area contributed by atoms with Crippen molar-refractivity contribution in [3.05, 3.63) is 17.7 Å². The van der Waals surface area contributed by atoms with E-state index in [2.05, 4.69) is 17.9 Å². The Hall–Kier alpha value is -1.25. The number of benzene rings is 1. The van der Waals surface area contributed by atoms with Gasteiger partial charge < -0.3 is 10.4 Å². The number of thiol groups is 1. The fourth-order valence-electron chi connectivity index (χ4n) is 1.66. The van der Waals surface area contributed by atoms with Crippen LogP contribution in [0.1, 0.15) is 23.2 Å². The molecule has 1 aliphatic rings. The maximum atomic E-state index is 11.4. The highest BCUT2D eigenvalue weighted by molar-refractivity contribution is 7.90. The standard InChI is InChI=1S/C11H14N2O4S2/c12-19(16,17)9-4-7(11(14)15)3-8(10(9)18)13-5-6-1-2-6/h3-4,6,13,18H,1-2,5H2,(H,14,15)(H2,12,16,17). The number of carboxylic acids is 1. The molecule has 4 N–H and O–H groups in total. The minimum atomic E-state index is -4.01. The molecule has 0 amide bonds. The maximum absolute atomic E-state index is 11.4. The summed E-state index contributed by atoms with van der Waals surface area (Å²) in [5.74, 6) is -0.660. The SMILES string of the molecule is NS(=O)(=O)c1cc(C(=O)O)cc(NCC2CC2)c1S. The fourth-order valence-corrected chi connectivity index (χ4v) is 2.92. The smallest absolute Gasteiger partial charge is 0.335 e. The second-order valence-electron chi connectivity index (χ2n) is 4.54. The number of hydrogen-bond acceptors (Lipinski definition) is 5. The van der Waals surface area contributed by atoms with Crippen molar-refractivity contribution in [2.24, 2.45) is 11.1 Å². The van der Waals surface area contributed by atoms with Crippen LogP contribution in [0.2, 0.25) is 0 Å². The first kappa shape index (κ1) is 14.2. The van der Waals surface area contributed by atoms with Gasteiger partial charge >= 0.3 is 5.97 Å². The highest BCUT2D eigenvalue weighted by Crippen LogP contribution is 2.32. The molecule has 2 rings (SSSR count). The van der Waals surface area contributed by atoms with Gasteiger partial charge in [0.2, 0.25) is 10.0 Å². The van der Waals surface area contributed by atoms with E-state index in [1.165, 1.54) is 6.07 Å². The molecule has 6 nitrogen and oxygen atoms in total.